The maximum absolute atomic E-state index is 13.2. The van der Waals surface area contributed by atoms with Gasteiger partial charge in [0.1, 0.15) is 10.9 Å². The average molecular weight is 474 g/mol. The van der Waals surface area contributed by atoms with Crippen LogP contribution in [0.3, 0.4) is 0 Å². The van der Waals surface area contributed by atoms with Crippen LogP contribution in [0.25, 0.3) is 21.2 Å². The summed E-state index contributed by atoms with van der Waals surface area (Å²) in [6, 6.07) is 11.2. The zero-order valence-corrected chi connectivity index (χ0v) is 18.3. The van der Waals surface area contributed by atoms with Crippen molar-refractivity contribution in [3.8, 4) is 23.1 Å². The van der Waals surface area contributed by atoms with E-state index in [0.29, 0.717) is 16.3 Å². The lowest BCUT2D eigenvalue weighted by atomic mass is 10.0. The number of thiophene rings is 1. The summed E-state index contributed by atoms with van der Waals surface area (Å²) in [7, 11) is 1.52. The maximum Gasteiger partial charge on any atom is 0.426 e. The summed E-state index contributed by atoms with van der Waals surface area (Å²) in [5, 5.41) is 27.6. The standard InChI is InChI=1S/C22H17F3N4O3S/c1-3-21(30,22(23,24)25)20-29-28-18(32-20)9-12-4-6-14-15(8-12)33-16(10-26)19(14)13-5-7-17(31-2)27-11-13/h4-8,11,30H,3,9H2,1-2H3. The molecule has 1 unspecified atom stereocenters. The quantitative estimate of drug-likeness (QED) is 0.420. The van der Waals surface area contributed by atoms with E-state index in [4.69, 9.17) is 9.15 Å². The first kappa shape index (κ1) is 22.7. The molecule has 1 N–H and O–H groups in total. The van der Waals surface area contributed by atoms with Crippen molar-refractivity contribution in [3.05, 3.63) is 58.8 Å². The van der Waals surface area contributed by atoms with Crippen molar-refractivity contribution in [3.63, 3.8) is 0 Å². The second kappa shape index (κ2) is 8.46. The number of pyridine rings is 1. The number of nitriles is 1. The topological polar surface area (TPSA) is 105 Å². The molecule has 0 radical (unpaired) electrons. The van der Waals surface area contributed by atoms with Gasteiger partial charge in [-0.15, -0.1) is 21.5 Å². The number of fused-ring (bicyclic) bond motifs is 1. The van der Waals surface area contributed by atoms with Crippen molar-refractivity contribution >= 4 is 21.4 Å². The molecule has 4 aromatic rings. The highest BCUT2D eigenvalue weighted by atomic mass is 32.1. The second-order valence-electron chi connectivity index (χ2n) is 7.23. The summed E-state index contributed by atoms with van der Waals surface area (Å²) in [5.41, 5.74) is -0.981. The minimum atomic E-state index is -4.94. The van der Waals surface area contributed by atoms with E-state index in [1.807, 2.05) is 18.2 Å². The molecule has 3 heterocycles. The van der Waals surface area contributed by atoms with Gasteiger partial charge in [0.2, 0.25) is 17.4 Å². The van der Waals surface area contributed by atoms with E-state index in [1.165, 1.54) is 25.4 Å². The van der Waals surface area contributed by atoms with E-state index in [1.54, 1.807) is 18.3 Å². The van der Waals surface area contributed by atoms with Crippen LogP contribution in [0.5, 0.6) is 5.88 Å². The number of ether oxygens (including phenoxy) is 1. The molecule has 3 aromatic heterocycles. The Bertz CT molecular complexity index is 1340. The lowest BCUT2D eigenvalue weighted by molar-refractivity contribution is -0.275. The fourth-order valence-corrected chi connectivity index (χ4v) is 4.49. The molecule has 11 heteroatoms. The van der Waals surface area contributed by atoms with Gasteiger partial charge in [-0.05, 0) is 24.1 Å². The molecule has 170 valence electrons. The predicted octanol–water partition coefficient (Wildman–Crippen LogP) is 4.98. The minimum absolute atomic E-state index is 0.0582. The van der Waals surface area contributed by atoms with Crippen LogP contribution >= 0.6 is 11.3 Å². The zero-order chi connectivity index (χ0) is 23.8. The van der Waals surface area contributed by atoms with Crippen LogP contribution < -0.4 is 4.74 Å². The molecule has 1 aromatic carbocycles. The molecule has 0 saturated heterocycles. The highest BCUT2D eigenvalue weighted by Crippen LogP contribution is 2.41. The van der Waals surface area contributed by atoms with E-state index in [2.05, 4.69) is 21.3 Å². The van der Waals surface area contributed by atoms with Gasteiger partial charge in [-0.25, -0.2) is 4.98 Å². The SMILES string of the molecule is CCC(O)(c1nnc(Cc2ccc3c(-c4ccc(OC)nc4)c(C#N)sc3c2)o1)C(F)(F)F. The summed E-state index contributed by atoms with van der Waals surface area (Å²) < 4.78 is 50.8. The first-order valence-electron chi connectivity index (χ1n) is 9.78. The number of halogens is 3. The lowest BCUT2D eigenvalue weighted by Gasteiger charge is -2.25. The Morgan fingerprint density at radius 3 is 2.61 bits per heavy atom. The van der Waals surface area contributed by atoms with Crippen LogP contribution in [0.1, 0.15) is 35.6 Å². The molecule has 0 aliphatic heterocycles. The number of aromatic nitrogens is 3. The number of aliphatic hydroxyl groups is 1. The van der Waals surface area contributed by atoms with Crippen molar-refractivity contribution < 1.29 is 27.4 Å². The monoisotopic (exact) mass is 474 g/mol. The van der Waals surface area contributed by atoms with Crippen molar-refractivity contribution in [1.82, 2.24) is 15.2 Å². The minimum Gasteiger partial charge on any atom is -0.481 e. The molecule has 4 rings (SSSR count). The first-order valence-corrected chi connectivity index (χ1v) is 10.6. The predicted molar refractivity (Wildman–Crippen MR) is 114 cm³/mol. The molecule has 0 aliphatic carbocycles. The molecule has 1 atom stereocenters. The number of hydrogen-bond donors (Lipinski definition) is 1. The van der Waals surface area contributed by atoms with Gasteiger partial charge in [-0.3, -0.25) is 0 Å². The van der Waals surface area contributed by atoms with E-state index < -0.39 is 24.1 Å². The Labute approximate surface area is 190 Å². The molecular formula is C22H17F3N4O3S. The van der Waals surface area contributed by atoms with Gasteiger partial charge in [0.25, 0.3) is 5.89 Å². The van der Waals surface area contributed by atoms with Crippen LogP contribution in [0, 0.1) is 11.3 Å². The van der Waals surface area contributed by atoms with Gasteiger partial charge >= 0.3 is 6.18 Å². The Morgan fingerprint density at radius 1 is 1.21 bits per heavy atom. The highest BCUT2D eigenvalue weighted by molar-refractivity contribution is 7.20. The van der Waals surface area contributed by atoms with Crippen molar-refractivity contribution in [2.45, 2.75) is 31.5 Å². The number of hydrogen-bond acceptors (Lipinski definition) is 8. The normalized spacial score (nSPS) is 13.6. The molecule has 7 nitrogen and oxygen atoms in total. The second-order valence-corrected chi connectivity index (χ2v) is 8.28. The Morgan fingerprint density at radius 2 is 2.00 bits per heavy atom. The third kappa shape index (κ3) is 4.03. The van der Waals surface area contributed by atoms with E-state index in [0.717, 1.165) is 21.2 Å². The number of alkyl halides is 3. The van der Waals surface area contributed by atoms with Crippen molar-refractivity contribution in [1.29, 1.82) is 5.26 Å². The molecule has 0 saturated carbocycles. The van der Waals surface area contributed by atoms with Crippen LogP contribution in [0.2, 0.25) is 0 Å². The largest absolute Gasteiger partial charge is 0.481 e. The summed E-state index contributed by atoms with van der Waals surface area (Å²) in [6.45, 7) is 1.19. The average Bonchev–Trinajstić information content (AvgIpc) is 3.42. The maximum atomic E-state index is 13.2. The zero-order valence-electron chi connectivity index (χ0n) is 17.5. The van der Waals surface area contributed by atoms with E-state index in [9.17, 15) is 23.5 Å². The van der Waals surface area contributed by atoms with Gasteiger partial charge < -0.3 is 14.3 Å². The Kier molecular flexibility index (Phi) is 5.82. The lowest BCUT2D eigenvalue weighted by Crippen LogP contribution is -2.42. The molecule has 0 spiro atoms. The molecule has 0 aliphatic rings. The van der Waals surface area contributed by atoms with Gasteiger partial charge in [0.15, 0.2) is 0 Å². The molecule has 0 bridgehead atoms. The summed E-state index contributed by atoms with van der Waals surface area (Å²) in [4.78, 5) is 4.71. The third-order valence-corrected chi connectivity index (χ3v) is 6.30. The van der Waals surface area contributed by atoms with E-state index in [-0.39, 0.29) is 12.3 Å². The van der Waals surface area contributed by atoms with Crippen molar-refractivity contribution in [2.24, 2.45) is 0 Å². The number of methoxy groups -OCH3 is 1. The van der Waals surface area contributed by atoms with Gasteiger partial charge in [-0.2, -0.15) is 18.4 Å². The number of benzene rings is 1. The summed E-state index contributed by atoms with van der Waals surface area (Å²) in [5.74, 6) is -0.485. The van der Waals surface area contributed by atoms with Gasteiger partial charge in [0.05, 0.1) is 13.5 Å². The number of nitrogens with zero attached hydrogens (tertiary/aromatic N) is 4. The molecule has 0 amide bonds. The third-order valence-electron chi connectivity index (χ3n) is 5.25. The fourth-order valence-electron chi connectivity index (χ4n) is 3.40. The highest BCUT2D eigenvalue weighted by Gasteiger charge is 2.57. The summed E-state index contributed by atoms with van der Waals surface area (Å²) >= 11 is 1.29. The summed E-state index contributed by atoms with van der Waals surface area (Å²) in [6.07, 6.45) is -3.90. The molecular weight excluding hydrogens is 457 g/mol. The van der Waals surface area contributed by atoms with E-state index >= 15 is 0 Å². The molecule has 33 heavy (non-hydrogen) atoms. The van der Waals surface area contributed by atoms with Crippen LogP contribution in [0.15, 0.2) is 40.9 Å². The van der Waals surface area contributed by atoms with Crippen LogP contribution in [-0.2, 0) is 12.0 Å². The smallest absolute Gasteiger partial charge is 0.426 e. The van der Waals surface area contributed by atoms with Gasteiger partial charge in [-0.1, -0.05) is 19.1 Å². The van der Waals surface area contributed by atoms with Crippen LogP contribution in [-0.4, -0.2) is 33.6 Å². The number of rotatable bonds is 6. The Balaban J connectivity index is 1.66. The molecule has 0 fully saturated rings. The van der Waals surface area contributed by atoms with Crippen LogP contribution in [0.4, 0.5) is 13.2 Å². The van der Waals surface area contributed by atoms with Crippen molar-refractivity contribution in [2.75, 3.05) is 7.11 Å². The Hall–Kier alpha value is -3.49. The van der Waals surface area contributed by atoms with Gasteiger partial charge in [0, 0.05) is 33.5 Å². The fraction of sp³-hybridized carbons (Fsp3) is 0.273. The first-order chi connectivity index (χ1) is 15.7.